The van der Waals surface area contributed by atoms with Gasteiger partial charge in [0.1, 0.15) is 17.0 Å². The summed E-state index contributed by atoms with van der Waals surface area (Å²) in [5.41, 5.74) is 17.7. The second-order valence-corrected chi connectivity index (χ2v) is 7.77. The van der Waals surface area contributed by atoms with Gasteiger partial charge in [0.2, 0.25) is 0 Å². The van der Waals surface area contributed by atoms with Crippen LogP contribution in [-0.2, 0) is 0 Å². The minimum atomic E-state index is -1.24. The molecule has 0 saturated carbocycles. The zero-order valence-electron chi connectivity index (χ0n) is 19.8. The van der Waals surface area contributed by atoms with Crippen molar-refractivity contribution in [1.29, 1.82) is 0 Å². The topological polar surface area (TPSA) is 159 Å². The van der Waals surface area contributed by atoms with Gasteiger partial charge in [0.05, 0.1) is 22.7 Å². The van der Waals surface area contributed by atoms with Gasteiger partial charge in [-0.15, -0.1) is 5.11 Å². The number of carbonyl (C=O) groups is 1. The summed E-state index contributed by atoms with van der Waals surface area (Å²) >= 11 is 0. The number of hydrogen-bond donors (Lipinski definition) is 4. The first-order valence-corrected chi connectivity index (χ1v) is 10.6. The molecule has 4 aromatic rings. The Kier molecular flexibility index (Phi) is 8.55. The van der Waals surface area contributed by atoms with Gasteiger partial charge >= 0.3 is 5.97 Å². The van der Waals surface area contributed by atoms with E-state index in [0.717, 1.165) is 16.7 Å². The molecule has 36 heavy (non-hydrogen) atoms. The molecule has 0 aromatic heterocycles. The third kappa shape index (κ3) is 6.33. The molecule has 175 valence electrons. The number of azo groups is 2. The van der Waals surface area contributed by atoms with Gasteiger partial charge < -0.3 is 21.7 Å². The number of nitrogens with zero attached hydrogens (tertiary/aromatic N) is 4. The Morgan fingerprint density at radius 1 is 0.694 bits per heavy atom. The van der Waals surface area contributed by atoms with Crippen molar-refractivity contribution in [3.8, 4) is 16.9 Å². The Morgan fingerprint density at radius 3 is 1.75 bits per heavy atom. The Bertz CT molecular complexity index is 1450. The van der Waals surface area contributed by atoms with Gasteiger partial charge in [0.25, 0.3) is 0 Å². The predicted molar refractivity (Wildman–Crippen MR) is 141 cm³/mol. The number of rotatable bonds is 6. The maximum absolute atomic E-state index is 11.1. The summed E-state index contributed by atoms with van der Waals surface area (Å²) in [6.45, 7) is 1.89. The van der Waals surface area contributed by atoms with Crippen molar-refractivity contribution in [1.82, 2.24) is 0 Å². The molecule has 6 N–H and O–H groups in total. The van der Waals surface area contributed by atoms with Crippen LogP contribution in [0.25, 0.3) is 11.1 Å². The Morgan fingerprint density at radius 2 is 1.19 bits per heavy atom. The number of phenols is 1. The molecular weight excluding hydrogens is 467 g/mol. The first-order valence-electron chi connectivity index (χ1n) is 10.6. The molecule has 0 spiro atoms. The van der Waals surface area contributed by atoms with Crippen LogP contribution < -0.4 is 11.5 Å². The van der Waals surface area contributed by atoms with Crippen LogP contribution in [0.4, 0.5) is 34.1 Å². The van der Waals surface area contributed by atoms with Gasteiger partial charge in [-0.2, -0.15) is 15.3 Å². The average Bonchev–Trinajstić information content (AvgIpc) is 2.85. The van der Waals surface area contributed by atoms with E-state index in [0.29, 0.717) is 34.1 Å². The van der Waals surface area contributed by atoms with Gasteiger partial charge in [-0.1, -0.05) is 24.3 Å². The Labute approximate surface area is 229 Å². The van der Waals surface area contributed by atoms with Crippen molar-refractivity contribution in [3.63, 3.8) is 0 Å². The molecule has 0 aliphatic carbocycles. The maximum Gasteiger partial charge on any atom is 0.339 e. The smallest absolute Gasteiger partial charge is 0.339 e. The maximum atomic E-state index is 11.1. The van der Waals surface area contributed by atoms with E-state index in [2.05, 4.69) is 20.5 Å². The second kappa shape index (κ2) is 11.6. The summed E-state index contributed by atoms with van der Waals surface area (Å²) in [4.78, 5) is 11.1. The minimum absolute atomic E-state index is 0. The molecule has 0 saturated heterocycles. The number of nitrogen functional groups attached to an aromatic ring is 2. The fourth-order valence-electron chi connectivity index (χ4n) is 3.24. The summed E-state index contributed by atoms with van der Waals surface area (Å²) in [5, 5.41) is 35.3. The zero-order valence-corrected chi connectivity index (χ0v) is 21.8. The van der Waals surface area contributed by atoms with Crippen molar-refractivity contribution < 1.29 is 15.0 Å². The van der Waals surface area contributed by atoms with Gasteiger partial charge in [-0.3, -0.25) is 0 Å². The standard InChI is InChI=1S/C26H22N6O3.Na/c1-15-12-24(23(28)14-22(15)27)32-30-19-8-4-17(5-9-19)16-2-6-18(7-3-16)29-31-20-10-11-25(33)21(13-20)26(34)35;/h2-14,33H,27-28H2,1H3,(H,34,35);. The SMILES string of the molecule is Cc1cc(N=Nc2ccc(-c3ccc(N=Nc4ccc(O)c(C(=O)O)c4)cc3)cc2)c(N)cc1N.[Na]. The van der Waals surface area contributed by atoms with Crippen LogP contribution in [0.2, 0.25) is 0 Å². The van der Waals surface area contributed by atoms with Crippen molar-refractivity contribution >= 4 is 69.7 Å². The Balaban J connectivity index is 0.00000361. The van der Waals surface area contributed by atoms with Crippen LogP contribution in [-0.4, -0.2) is 45.7 Å². The zero-order chi connectivity index (χ0) is 24.9. The first kappa shape index (κ1) is 26.6. The number of aryl methyl sites for hydroxylation is 1. The van der Waals surface area contributed by atoms with Crippen molar-refractivity contribution in [2.24, 2.45) is 20.5 Å². The molecular formula is C26H22N6NaO3. The monoisotopic (exact) mass is 489 g/mol. The molecule has 4 aromatic carbocycles. The molecule has 0 atom stereocenters. The second-order valence-electron chi connectivity index (χ2n) is 7.77. The van der Waals surface area contributed by atoms with Crippen LogP contribution in [0.1, 0.15) is 15.9 Å². The fraction of sp³-hybridized carbons (Fsp3) is 0.0385. The summed E-state index contributed by atoms with van der Waals surface area (Å²) < 4.78 is 0. The van der Waals surface area contributed by atoms with E-state index in [1.54, 1.807) is 24.3 Å². The normalized spacial score (nSPS) is 11.0. The average molecular weight is 489 g/mol. The molecule has 0 aliphatic rings. The molecule has 0 heterocycles. The quantitative estimate of drug-likeness (QED) is 0.135. The molecule has 0 fully saturated rings. The number of aromatic hydroxyl groups is 1. The fourth-order valence-corrected chi connectivity index (χ4v) is 3.24. The van der Waals surface area contributed by atoms with E-state index >= 15 is 0 Å². The van der Waals surface area contributed by atoms with Crippen LogP contribution in [0, 0.1) is 6.92 Å². The number of benzene rings is 4. The van der Waals surface area contributed by atoms with Crippen molar-refractivity contribution in [3.05, 3.63) is 90.0 Å². The summed E-state index contributed by atoms with van der Waals surface area (Å²) in [6.07, 6.45) is 0. The number of hydrogen-bond acceptors (Lipinski definition) is 8. The number of carboxylic acid groups (broad SMARTS) is 1. The summed E-state index contributed by atoms with van der Waals surface area (Å²) in [5.74, 6) is -1.56. The van der Waals surface area contributed by atoms with Crippen LogP contribution in [0.15, 0.2) is 99.3 Å². The van der Waals surface area contributed by atoms with E-state index < -0.39 is 5.97 Å². The largest absolute Gasteiger partial charge is 0.507 e. The van der Waals surface area contributed by atoms with E-state index in [9.17, 15) is 9.90 Å². The van der Waals surface area contributed by atoms with Crippen LogP contribution in [0.5, 0.6) is 5.75 Å². The van der Waals surface area contributed by atoms with E-state index in [-0.39, 0.29) is 40.9 Å². The van der Waals surface area contributed by atoms with Crippen LogP contribution >= 0.6 is 0 Å². The number of carboxylic acids is 1. The number of nitrogens with two attached hydrogens (primary N) is 2. The summed E-state index contributed by atoms with van der Waals surface area (Å²) in [6, 6.07) is 22.5. The molecule has 0 amide bonds. The third-order valence-corrected chi connectivity index (χ3v) is 5.25. The van der Waals surface area contributed by atoms with E-state index in [1.807, 2.05) is 43.3 Å². The molecule has 4 rings (SSSR count). The molecule has 1 radical (unpaired) electrons. The van der Waals surface area contributed by atoms with Gasteiger partial charge in [0, 0.05) is 35.2 Å². The summed E-state index contributed by atoms with van der Waals surface area (Å²) in [7, 11) is 0. The van der Waals surface area contributed by atoms with Crippen molar-refractivity contribution in [2.45, 2.75) is 6.92 Å². The number of aromatic carboxylic acids is 1. The Hall–Kier alpha value is -4.05. The molecule has 10 heteroatoms. The van der Waals surface area contributed by atoms with Crippen LogP contribution in [0.3, 0.4) is 0 Å². The molecule has 0 unspecified atom stereocenters. The first-order chi connectivity index (χ1) is 16.8. The number of anilines is 2. The molecule has 9 nitrogen and oxygen atoms in total. The van der Waals surface area contributed by atoms with E-state index in [1.165, 1.54) is 18.2 Å². The minimum Gasteiger partial charge on any atom is -0.507 e. The van der Waals surface area contributed by atoms with Gasteiger partial charge in [-0.05, 0) is 78.2 Å². The van der Waals surface area contributed by atoms with Gasteiger partial charge in [-0.25, -0.2) is 4.79 Å². The molecule has 0 bridgehead atoms. The van der Waals surface area contributed by atoms with Gasteiger partial charge in [0.15, 0.2) is 0 Å². The predicted octanol–water partition coefficient (Wildman–Crippen LogP) is 6.68. The molecule has 0 aliphatic heterocycles. The third-order valence-electron chi connectivity index (χ3n) is 5.25. The van der Waals surface area contributed by atoms with Crippen molar-refractivity contribution in [2.75, 3.05) is 11.5 Å². The van der Waals surface area contributed by atoms with E-state index in [4.69, 9.17) is 16.6 Å².